The van der Waals surface area contributed by atoms with Crippen molar-refractivity contribution in [2.45, 2.75) is 0 Å². The number of carboxylic acid groups (broad SMARTS) is 1. The molecule has 0 saturated heterocycles. The minimum atomic E-state index is -0.914. The van der Waals surface area contributed by atoms with Gasteiger partial charge >= 0.3 is 5.97 Å². The lowest BCUT2D eigenvalue weighted by molar-refractivity contribution is -0.139. The van der Waals surface area contributed by atoms with Gasteiger partial charge in [0.05, 0.1) is 5.92 Å². The molecule has 0 radical (unpaired) electrons. The van der Waals surface area contributed by atoms with E-state index in [0.717, 1.165) is 0 Å². The Hall–Kier alpha value is -0.830. The monoisotopic (exact) mass is 115 g/mol. The number of carboxylic acids is 1. The summed E-state index contributed by atoms with van der Waals surface area (Å²) in [7, 11) is 0. The van der Waals surface area contributed by atoms with Crippen molar-refractivity contribution in [1.29, 1.82) is 0 Å². The largest absolute Gasteiger partial charge is 0.481 e. The lowest BCUT2D eigenvalue weighted by Crippen LogP contribution is -2.20. The van der Waals surface area contributed by atoms with Crippen LogP contribution in [0.25, 0.3) is 0 Å². The molecule has 0 saturated carbocycles. The molecule has 3 N–H and O–H groups in total. The Kier molecular flexibility index (Phi) is 2.88. The Bertz CT molecular complexity index is 101. The van der Waals surface area contributed by atoms with Crippen molar-refractivity contribution in [3.05, 3.63) is 12.7 Å². The maximum absolute atomic E-state index is 10.0. The second kappa shape index (κ2) is 3.21. The van der Waals surface area contributed by atoms with E-state index in [1.165, 1.54) is 6.08 Å². The quantitative estimate of drug-likeness (QED) is 0.502. The molecule has 0 aliphatic heterocycles. The van der Waals surface area contributed by atoms with E-state index in [2.05, 4.69) is 6.58 Å². The molecule has 0 heterocycles. The summed E-state index contributed by atoms with van der Waals surface area (Å²) in [5.74, 6) is -1.50. The van der Waals surface area contributed by atoms with E-state index < -0.39 is 11.9 Å². The van der Waals surface area contributed by atoms with Crippen LogP contribution in [0, 0.1) is 5.92 Å². The van der Waals surface area contributed by atoms with Crippen molar-refractivity contribution in [3.63, 3.8) is 0 Å². The van der Waals surface area contributed by atoms with Crippen molar-refractivity contribution in [2.24, 2.45) is 11.7 Å². The van der Waals surface area contributed by atoms with Crippen LogP contribution >= 0.6 is 0 Å². The number of hydrogen-bond acceptors (Lipinski definition) is 2. The van der Waals surface area contributed by atoms with Crippen LogP contribution in [0.4, 0.5) is 0 Å². The summed E-state index contributed by atoms with van der Waals surface area (Å²) < 4.78 is 0. The molecule has 1 unspecified atom stereocenters. The highest BCUT2D eigenvalue weighted by atomic mass is 16.4. The first kappa shape index (κ1) is 7.17. The Labute approximate surface area is 47.8 Å². The minimum Gasteiger partial charge on any atom is -0.481 e. The van der Waals surface area contributed by atoms with E-state index in [1.807, 2.05) is 0 Å². The molecule has 0 aliphatic carbocycles. The summed E-state index contributed by atoms with van der Waals surface area (Å²) in [5.41, 5.74) is 5.03. The zero-order chi connectivity index (χ0) is 6.57. The molecule has 3 heteroatoms. The fourth-order valence-electron chi connectivity index (χ4n) is 0.298. The average molecular weight is 115 g/mol. The van der Waals surface area contributed by atoms with Gasteiger partial charge in [-0.2, -0.15) is 0 Å². The van der Waals surface area contributed by atoms with Gasteiger partial charge in [-0.15, -0.1) is 6.58 Å². The molecule has 3 nitrogen and oxygen atoms in total. The van der Waals surface area contributed by atoms with Gasteiger partial charge in [-0.1, -0.05) is 6.08 Å². The van der Waals surface area contributed by atoms with Crippen LogP contribution in [0.3, 0.4) is 0 Å². The van der Waals surface area contributed by atoms with Crippen molar-refractivity contribution >= 4 is 5.97 Å². The van der Waals surface area contributed by atoms with Gasteiger partial charge < -0.3 is 10.8 Å². The average Bonchev–Trinajstić information content (AvgIpc) is 1.69. The van der Waals surface area contributed by atoms with Crippen LogP contribution in [0.2, 0.25) is 0 Å². The lowest BCUT2D eigenvalue weighted by Gasteiger charge is -1.98. The van der Waals surface area contributed by atoms with Crippen molar-refractivity contribution in [1.82, 2.24) is 0 Å². The summed E-state index contributed by atoms with van der Waals surface area (Å²) in [6.07, 6.45) is 1.32. The van der Waals surface area contributed by atoms with Gasteiger partial charge in [-0.3, -0.25) is 4.79 Å². The molecule has 0 bridgehead atoms. The third kappa shape index (κ3) is 1.75. The van der Waals surface area contributed by atoms with E-state index in [0.29, 0.717) is 0 Å². The van der Waals surface area contributed by atoms with Gasteiger partial charge in [0.2, 0.25) is 0 Å². The van der Waals surface area contributed by atoms with Crippen molar-refractivity contribution in [2.75, 3.05) is 6.54 Å². The molecule has 0 fully saturated rings. The number of carbonyl (C=O) groups is 1. The first-order chi connectivity index (χ1) is 3.72. The van der Waals surface area contributed by atoms with Gasteiger partial charge in [0.15, 0.2) is 0 Å². The lowest BCUT2D eigenvalue weighted by atomic mass is 10.1. The van der Waals surface area contributed by atoms with Gasteiger partial charge in [0, 0.05) is 6.54 Å². The molecular formula is C5H9NO2. The second-order valence-electron chi connectivity index (χ2n) is 1.42. The Balaban J connectivity index is 3.69. The summed E-state index contributed by atoms with van der Waals surface area (Å²) in [4.78, 5) is 10.0. The summed E-state index contributed by atoms with van der Waals surface area (Å²) >= 11 is 0. The Morgan fingerprint density at radius 3 is 2.50 bits per heavy atom. The highest BCUT2D eigenvalue weighted by molar-refractivity contribution is 5.72. The molecule has 46 valence electrons. The molecular weight excluding hydrogens is 106 g/mol. The molecule has 0 aliphatic rings. The Morgan fingerprint density at radius 1 is 2.00 bits per heavy atom. The van der Waals surface area contributed by atoms with Crippen molar-refractivity contribution < 1.29 is 9.90 Å². The van der Waals surface area contributed by atoms with Gasteiger partial charge in [0.25, 0.3) is 0 Å². The number of hydrogen-bond donors (Lipinski definition) is 2. The third-order valence-corrected chi connectivity index (χ3v) is 0.856. The smallest absolute Gasteiger partial charge is 0.311 e. The van der Waals surface area contributed by atoms with Gasteiger partial charge in [-0.25, -0.2) is 0 Å². The number of nitrogens with two attached hydrogens (primary N) is 1. The fourth-order valence-corrected chi connectivity index (χ4v) is 0.298. The molecule has 1 atom stereocenters. The minimum absolute atomic E-state index is 0.124. The van der Waals surface area contributed by atoms with E-state index in [1.54, 1.807) is 0 Å². The molecule has 0 spiro atoms. The van der Waals surface area contributed by atoms with Crippen LogP contribution < -0.4 is 5.73 Å². The first-order valence-electron chi connectivity index (χ1n) is 2.27. The topological polar surface area (TPSA) is 63.3 Å². The zero-order valence-electron chi connectivity index (χ0n) is 4.50. The maximum Gasteiger partial charge on any atom is 0.311 e. The van der Waals surface area contributed by atoms with Gasteiger partial charge in [-0.05, 0) is 0 Å². The maximum atomic E-state index is 10.0. The zero-order valence-corrected chi connectivity index (χ0v) is 4.50. The third-order valence-electron chi connectivity index (χ3n) is 0.856. The summed E-state index contributed by atoms with van der Waals surface area (Å²) in [6, 6.07) is 0. The van der Waals surface area contributed by atoms with E-state index in [9.17, 15) is 4.79 Å². The molecule has 0 amide bonds. The summed E-state index contributed by atoms with van der Waals surface area (Å²) in [6.45, 7) is 3.42. The van der Waals surface area contributed by atoms with Crippen molar-refractivity contribution in [3.8, 4) is 0 Å². The van der Waals surface area contributed by atoms with Crippen LogP contribution in [0.5, 0.6) is 0 Å². The van der Waals surface area contributed by atoms with Gasteiger partial charge in [0.1, 0.15) is 0 Å². The number of rotatable bonds is 3. The SMILES string of the molecule is C=CC(CN)C(=O)O. The van der Waals surface area contributed by atoms with Crippen LogP contribution in [-0.2, 0) is 4.79 Å². The molecule has 0 aromatic carbocycles. The number of aliphatic carboxylic acids is 1. The molecule has 0 aromatic rings. The molecule has 0 rings (SSSR count). The highest BCUT2D eigenvalue weighted by Gasteiger charge is 2.08. The summed E-state index contributed by atoms with van der Waals surface area (Å²) in [5, 5.41) is 8.22. The standard InChI is InChI=1S/C5H9NO2/c1-2-4(3-6)5(7)8/h2,4H,1,3,6H2,(H,7,8). The second-order valence-corrected chi connectivity index (χ2v) is 1.42. The van der Waals surface area contributed by atoms with E-state index >= 15 is 0 Å². The van der Waals surface area contributed by atoms with Crippen LogP contribution in [0.1, 0.15) is 0 Å². The molecule has 8 heavy (non-hydrogen) atoms. The normalized spacial score (nSPS) is 12.6. The highest BCUT2D eigenvalue weighted by Crippen LogP contribution is 1.92. The predicted octanol–water partition coefficient (Wildman–Crippen LogP) is -0.168. The Morgan fingerprint density at radius 2 is 2.50 bits per heavy atom. The van der Waals surface area contributed by atoms with E-state index in [-0.39, 0.29) is 6.54 Å². The fraction of sp³-hybridized carbons (Fsp3) is 0.400. The molecule has 0 aromatic heterocycles. The van der Waals surface area contributed by atoms with Crippen LogP contribution in [-0.4, -0.2) is 17.6 Å². The first-order valence-corrected chi connectivity index (χ1v) is 2.27. The van der Waals surface area contributed by atoms with Crippen LogP contribution in [0.15, 0.2) is 12.7 Å². The van der Waals surface area contributed by atoms with E-state index in [4.69, 9.17) is 10.8 Å². The predicted molar refractivity (Wildman–Crippen MR) is 30.4 cm³/mol.